The maximum absolute atomic E-state index is 4.30. The van der Waals surface area contributed by atoms with Crippen LogP contribution in [0.4, 0.5) is 0 Å². The molecule has 0 saturated carbocycles. The van der Waals surface area contributed by atoms with Gasteiger partial charge in [-0.3, -0.25) is 4.98 Å². The molecule has 0 unspecified atom stereocenters. The van der Waals surface area contributed by atoms with Gasteiger partial charge in [0.15, 0.2) is 0 Å². The summed E-state index contributed by atoms with van der Waals surface area (Å²) in [5.41, 5.74) is 1.14. The van der Waals surface area contributed by atoms with E-state index < -0.39 is 0 Å². The second-order valence-electron chi connectivity index (χ2n) is 3.36. The number of rotatable bonds is 1. The van der Waals surface area contributed by atoms with Gasteiger partial charge in [-0.2, -0.15) is 0 Å². The van der Waals surface area contributed by atoms with Crippen LogP contribution in [0.25, 0.3) is 16.7 Å². The maximum atomic E-state index is 4.30. The van der Waals surface area contributed by atoms with Gasteiger partial charge in [0, 0.05) is 27.3 Å². The summed E-state index contributed by atoms with van der Waals surface area (Å²) in [6.07, 6.45) is 4.97. The molecule has 0 aliphatic carbocycles. The third-order valence-corrected chi connectivity index (χ3v) is 2.41. The summed E-state index contributed by atoms with van der Waals surface area (Å²) in [5, 5.41) is 1.18. The predicted octanol–water partition coefficient (Wildman–Crippen LogP) is 2.82. The fraction of sp³-hybridized carbons (Fsp3) is 0. The minimum atomic E-state index is 0. The van der Waals surface area contributed by atoms with Crippen molar-refractivity contribution in [2.45, 2.75) is 0 Å². The second-order valence-corrected chi connectivity index (χ2v) is 3.36. The fourth-order valence-electron chi connectivity index (χ4n) is 1.69. The quantitative estimate of drug-likeness (QED) is 0.587. The molecule has 3 rings (SSSR count). The van der Waals surface area contributed by atoms with Crippen LogP contribution in [-0.4, -0.2) is 9.55 Å². The topological polar surface area (TPSA) is 17.8 Å². The van der Waals surface area contributed by atoms with E-state index in [4.69, 9.17) is 0 Å². The fourth-order valence-corrected chi connectivity index (χ4v) is 1.69. The zero-order chi connectivity index (χ0) is 10.1. The number of pyridine rings is 1. The Labute approximate surface area is 108 Å². The molecule has 0 aliphatic rings. The number of para-hydroxylation sites is 1. The van der Waals surface area contributed by atoms with E-state index in [0.717, 1.165) is 11.3 Å². The van der Waals surface area contributed by atoms with Crippen molar-refractivity contribution in [3.05, 3.63) is 60.9 Å². The average molecular weight is 388 g/mol. The summed E-state index contributed by atoms with van der Waals surface area (Å²) >= 11 is 0. The Bertz CT molecular complexity index is 587. The van der Waals surface area contributed by atoms with Crippen LogP contribution < -0.4 is 0 Å². The molecule has 1 aromatic carbocycles. The Balaban J connectivity index is 0.000000963. The van der Waals surface area contributed by atoms with Gasteiger partial charge in [0.05, 0.1) is 5.82 Å². The first-order chi connectivity index (χ1) is 7.45. The summed E-state index contributed by atoms with van der Waals surface area (Å²) in [6.45, 7) is 0. The van der Waals surface area contributed by atoms with Crippen molar-refractivity contribution in [3.8, 4) is 5.82 Å². The van der Waals surface area contributed by atoms with Crippen LogP contribution in [0, 0.1) is 6.20 Å². The largest absolute Gasteiger partial charge is 0.429 e. The van der Waals surface area contributed by atoms with Gasteiger partial charge in [-0.25, -0.2) is 0 Å². The Morgan fingerprint density at radius 2 is 1.81 bits per heavy atom. The van der Waals surface area contributed by atoms with E-state index in [1.54, 1.807) is 6.20 Å². The first-order valence-electron chi connectivity index (χ1n) is 4.85. The van der Waals surface area contributed by atoms with Crippen molar-refractivity contribution in [2.24, 2.45) is 0 Å². The summed E-state index contributed by atoms with van der Waals surface area (Å²) in [7, 11) is 0. The number of benzene rings is 1. The van der Waals surface area contributed by atoms with Crippen molar-refractivity contribution in [2.75, 3.05) is 0 Å². The van der Waals surface area contributed by atoms with Crippen LogP contribution in [0.3, 0.4) is 0 Å². The smallest absolute Gasteiger partial charge is 0.0540 e. The molecule has 0 saturated heterocycles. The normalized spacial score (nSPS) is 10.0. The second kappa shape index (κ2) is 4.63. The molecule has 0 amide bonds. The minimum Gasteiger partial charge on any atom is -0.429 e. The third-order valence-electron chi connectivity index (χ3n) is 2.41. The van der Waals surface area contributed by atoms with Gasteiger partial charge in [-0.05, 0) is 6.07 Å². The van der Waals surface area contributed by atoms with Gasteiger partial charge in [-0.15, -0.1) is 17.5 Å². The number of aromatic nitrogens is 2. The van der Waals surface area contributed by atoms with Crippen LogP contribution in [0.15, 0.2) is 54.7 Å². The molecule has 0 N–H and O–H groups in total. The summed E-state index contributed by atoms with van der Waals surface area (Å²) in [5.74, 6) is 0.902. The van der Waals surface area contributed by atoms with E-state index in [-0.39, 0.29) is 21.1 Å². The molecule has 3 heteroatoms. The predicted molar refractivity (Wildman–Crippen MR) is 59.9 cm³/mol. The van der Waals surface area contributed by atoms with Gasteiger partial charge in [0.2, 0.25) is 0 Å². The Kier molecular flexibility index (Phi) is 3.21. The van der Waals surface area contributed by atoms with Crippen molar-refractivity contribution in [3.63, 3.8) is 0 Å². The first-order valence-corrected chi connectivity index (χ1v) is 4.85. The minimum absolute atomic E-state index is 0. The van der Waals surface area contributed by atoms with Crippen LogP contribution in [0.1, 0.15) is 0 Å². The third kappa shape index (κ3) is 1.81. The van der Waals surface area contributed by atoms with E-state index in [9.17, 15) is 0 Å². The van der Waals surface area contributed by atoms with Crippen molar-refractivity contribution in [1.29, 1.82) is 0 Å². The number of nitrogens with zero attached hydrogens (tertiary/aromatic N) is 2. The molecule has 0 atom stereocenters. The molecule has 0 fully saturated rings. The van der Waals surface area contributed by atoms with Crippen LogP contribution >= 0.6 is 0 Å². The van der Waals surface area contributed by atoms with Gasteiger partial charge in [0.25, 0.3) is 0 Å². The molecule has 0 spiro atoms. The first kappa shape index (κ1) is 11.1. The molecule has 0 radical (unpaired) electrons. The molecule has 2 nitrogen and oxygen atoms in total. The van der Waals surface area contributed by atoms with E-state index in [0.29, 0.717) is 0 Å². The number of hydrogen-bond donors (Lipinski definition) is 0. The Morgan fingerprint density at radius 1 is 1.00 bits per heavy atom. The molecular weight excluding hydrogens is 379 g/mol. The van der Waals surface area contributed by atoms with Crippen molar-refractivity contribution >= 4 is 10.9 Å². The van der Waals surface area contributed by atoms with Crippen LogP contribution in [0.5, 0.6) is 0 Å². The Morgan fingerprint density at radius 3 is 2.62 bits per heavy atom. The van der Waals surface area contributed by atoms with Gasteiger partial charge < -0.3 is 4.57 Å². The molecule has 2 heterocycles. The van der Waals surface area contributed by atoms with Gasteiger partial charge in [-0.1, -0.05) is 42.0 Å². The SMILES string of the molecule is [Pt].[c-]1cc2ccccc2n1-c1ccccn1. The standard InChI is InChI=1S/C13H9N2.Pt/c1-2-6-12-11(5-1)8-10-15(12)13-7-3-4-9-14-13;/h1-9H;/q-1;. The van der Waals surface area contributed by atoms with Crippen molar-refractivity contribution in [1.82, 2.24) is 9.55 Å². The molecule has 82 valence electrons. The van der Waals surface area contributed by atoms with E-state index in [2.05, 4.69) is 23.3 Å². The van der Waals surface area contributed by atoms with Crippen LogP contribution in [0.2, 0.25) is 0 Å². The molecule has 0 aliphatic heterocycles. The van der Waals surface area contributed by atoms with Gasteiger partial charge in [0.1, 0.15) is 0 Å². The maximum Gasteiger partial charge on any atom is 0.0540 e. The van der Waals surface area contributed by atoms with Gasteiger partial charge >= 0.3 is 0 Å². The Hall–Kier alpha value is -1.40. The van der Waals surface area contributed by atoms with Crippen LogP contribution in [-0.2, 0) is 21.1 Å². The summed E-state index contributed by atoms with van der Waals surface area (Å²) in [6, 6.07) is 16.0. The number of fused-ring (bicyclic) bond motifs is 1. The molecule has 3 aromatic rings. The molecule has 16 heavy (non-hydrogen) atoms. The zero-order valence-corrected chi connectivity index (χ0v) is 10.7. The summed E-state index contributed by atoms with van der Waals surface area (Å²) in [4.78, 5) is 4.30. The molecular formula is C13H9N2Pt-. The summed E-state index contributed by atoms with van der Waals surface area (Å²) < 4.78 is 1.97. The zero-order valence-electron chi connectivity index (χ0n) is 8.41. The van der Waals surface area contributed by atoms with E-state index in [1.165, 1.54) is 5.39 Å². The van der Waals surface area contributed by atoms with E-state index in [1.807, 2.05) is 41.0 Å². The monoisotopic (exact) mass is 388 g/mol. The number of hydrogen-bond acceptors (Lipinski definition) is 1. The van der Waals surface area contributed by atoms with Crippen molar-refractivity contribution < 1.29 is 21.1 Å². The van der Waals surface area contributed by atoms with E-state index >= 15 is 0 Å². The average Bonchev–Trinajstić information content (AvgIpc) is 2.74. The molecule has 2 aromatic heterocycles. The molecule has 0 bridgehead atoms.